The molecule has 1 aromatic carbocycles. The van der Waals surface area contributed by atoms with Crippen molar-refractivity contribution in [3.63, 3.8) is 0 Å². The largest absolute Gasteiger partial charge is 0.435 e. The number of benzene rings is 1. The second kappa shape index (κ2) is 4.88. The van der Waals surface area contributed by atoms with E-state index >= 15 is 0 Å². The number of halogens is 2. The molecule has 3 nitrogen and oxygen atoms in total. The average Bonchev–Trinajstić information content (AvgIpc) is 2.17. The smallest absolute Gasteiger partial charge is 0.387 e. The Labute approximate surface area is 80.1 Å². The van der Waals surface area contributed by atoms with Crippen LogP contribution < -0.4 is 10.5 Å². The van der Waals surface area contributed by atoms with Crippen LogP contribution in [0.4, 0.5) is 8.78 Å². The van der Waals surface area contributed by atoms with Gasteiger partial charge in [0.05, 0.1) is 6.10 Å². The first-order valence-electron chi connectivity index (χ1n) is 4.06. The molecule has 0 aliphatic carbocycles. The molecular formula is C9H11F2NO2. The lowest BCUT2D eigenvalue weighted by atomic mass is 10.1. The number of rotatable bonds is 4. The summed E-state index contributed by atoms with van der Waals surface area (Å²) in [7, 11) is 0. The van der Waals surface area contributed by atoms with Gasteiger partial charge in [-0.2, -0.15) is 8.78 Å². The molecule has 5 heteroatoms. The van der Waals surface area contributed by atoms with Gasteiger partial charge in [-0.25, -0.2) is 0 Å². The summed E-state index contributed by atoms with van der Waals surface area (Å²) in [6, 6.07) is 5.71. The molecule has 78 valence electrons. The van der Waals surface area contributed by atoms with Crippen LogP contribution in [0.5, 0.6) is 5.75 Å². The number of alkyl halides is 2. The van der Waals surface area contributed by atoms with Crippen LogP contribution in [0.3, 0.4) is 0 Å². The van der Waals surface area contributed by atoms with Gasteiger partial charge in [0.1, 0.15) is 5.75 Å². The molecule has 0 saturated heterocycles. The highest BCUT2D eigenvalue weighted by Gasteiger charge is 2.07. The van der Waals surface area contributed by atoms with Crippen molar-refractivity contribution < 1.29 is 18.6 Å². The maximum atomic E-state index is 11.8. The maximum Gasteiger partial charge on any atom is 0.387 e. The normalized spacial score (nSPS) is 12.9. The summed E-state index contributed by atoms with van der Waals surface area (Å²) in [6.07, 6.45) is -0.768. The molecule has 0 spiro atoms. The van der Waals surface area contributed by atoms with E-state index < -0.39 is 12.7 Å². The minimum atomic E-state index is -2.83. The highest BCUT2D eigenvalue weighted by atomic mass is 19.3. The molecule has 0 aliphatic heterocycles. The molecule has 0 unspecified atom stereocenters. The van der Waals surface area contributed by atoms with Crippen molar-refractivity contribution in [3.05, 3.63) is 29.8 Å². The summed E-state index contributed by atoms with van der Waals surface area (Å²) in [5, 5.41) is 9.29. The Morgan fingerprint density at radius 2 is 1.86 bits per heavy atom. The Bertz CT molecular complexity index is 277. The number of ether oxygens (including phenoxy) is 1. The third-order valence-corrected chi connectivity index (χ3v) is 1.71. The predicted octanol–water partition coefficient (Wildman–Crippen LogP) is 1.28. The lowest BCUT2D eigenvalue weighted by molar-refractivity contribution is -0.0498. The van der Waals surface area contributed by atoms with Gasteiger partial charge in [-0.1, -0.05) is 12.1 Å². The zero-order chi connectivity index (χ0) is 10.6. The molecule has 0 aromatic heterocycles. The molecule has 0 aliphatic rings. The number of hydrogen-bond donors (Lipinski definition) is 2. The molecule has 1 atom stereocenters. The van der Waals surface area contributed by atoms with E-state index in [9.17, 15) is 13.9 Å². The fourth-order valence-corrected chi connectivity index (χ4v) is 1.01. The quantitative estimate of drug-likeness (QED) is 0.775. The Balaban J connectivity index is 2.68. The van der Waals surface area contributed by atoms with Crippen molar-refractivity contribution in [1.82, 2.24) is 0 Å². The molecule has 3 N–H and O–H groups in total. The molecule has 0 fully saturated rings. The topological polar surface area (TPSA) is 55.5 Å². The van der Waals surface area contributed by atoms with Crippen LogP contribution in [0.2, 0.25) is 0 Å². The van der Waals surface area contributed by atoms with Crippen LogP contribution in [0, 0.1) is 0 Å². The molecule has 1 aromatic rings. The lowest BCUT2D eigenvalue weighted by Crippen LogP contribution is -2.11. The molecular weight excluding hydrogens is 192 g/mol. The van der Waals surface area contributed by atoms with Crippen LogP contribution in [0.1, 0.15) is 11.7 Å². The summed E-state index contributed by atoms with van der Waals surface area (Å²) in [5.41, 5.74) is 5.80. The average molecular weight is 203 g/mol. The first-order chi connectivity index (χ1) is 6.63. The van der Waals surface area contributed by atoms with Crippen LogP contribution in [0.15, 0.2) is 24.3 Å². The van der Waals surface area contributed by atoms with E-state index in [2.05, 4.69) is 4.74 Å². The van der Waals surface area contributed by atoms with Crippen molar-refractivity contribution >= 4 is 0 Å². The van der Waals surface area contributed by atoms with Crippen LogP contribution in [-0.4, -0.2) is 18.3 Å². The van der Waals surface area contributed by atoms with Crippen LogP contribution in [0.25, 0.3) is 0 Å². The lowest BCUT2D eigenvalue weighted by Gasteiger charge is -2.09. The first kappa shape index (κ1) is 10.9. The zero-order valence-electron chi connectivity index (χ0n) is 7.36. The third-order valence-electron chi connectivity index (χ3n) is 1.71. The summed E-state index contributed by atoms with van der Waals surface area (Å²) >= 11 is 0. The first-order valence-corrected chi connectivity index (χ1v) is 4.06. The monoisotopic (exact) mass is 203 g/mol. The van der Waals surface area contributed by atoms with Gasteiger partial charge in [0.15, 0.2) is 0 Å². The molecule has 0 saturated carbocycles. The molecule has 0 radical (unpaired) electrons. The Morgan fingerprint density at radius 3 is 2.29 bits per heavy atom. The van der Waals surface area contributed by atoms with E-state index in [1.54, 1.807) is 0 Å². The highest BCUT2D eigenvalue weighted by Crippen LogP contribution is 2.18. The number of aliphatic hydroxyl groups excluding tert-OH is 1. The van der Waals surface area contributed by atoms with Crippen LogP contribution >= 0.6 is 0 Å². The summed E-state index contributed by atoms with van der Waals surface area (Å²) < 4.78 is 27.6. The molecule has 0 bridgehead atoms. The van der Waals surface area contributed by atoms with Gasteiger partial charge in [0.25, 0.3) is 0 Å². The Hall–Kier alpha value is -1.20. The van der Waals surface area contributed by atoms with E-state index in [0.717, 1.165) is 0 Å². The minimum absolute atomic E-state index is 0.0629. The van der Waals surface area contributed by atoms with Gasteiger partial charge >= 0.3 is 6.61 Å². The molecule has 14 heavy (non-hydrogen) atoms. The Morgan fingerprint density at radius 1 is 1.29 bits per heavy atom. The fourth-order valence-electron chi connectivity index (χ4n) is 1.01. The number of aliphatic hydroxyl groups is 1. The molecule has 0 amide bonds. The van der Waals surface area contributed by atoms with Crippen molar-refractivity contribution in [3.8, 4) is 5.75 Å². The van der Waals surface area contributed by atoms with Crippen molar-refractivity contribution in [2.75, 3.05) is 6.54 Å². The van der Waals surface area contributed by atoms with Gasteiger partial charge in [-0.3, -0.25) is 0 Å². The minimum Gasteiger partial charge on any atom is -0.435 e. The SMILES string of the molecule is NC[C@H](O)c1ccc(OC(F)F)cc1. The van der Waals surface area contributed by atoms with E-state index in [0.29, 0.717) is 5.56 Å². The number of hydrogen-bond acceptors (Lipinski definition) is 3. The van der Waals surface area contributed by atoms with E-state index in [1.807, 2.05) is 0 Å². The van der Waals surface area contributed by atoms with Crippen molar-refractivity contribution in [2.24, 2.45) is 5.73 Å². The number of nitrogens with two attached hydrogens (primary N) is 1. The second-order valence-corrected chi connectivity index (χ2v) is 2.70. The van der Waals surface area contributed by atoms with E-state index in [-0.39, 0.29) is 12.3 Å². The van der Waals surface area contributed by atoms with Gasteiger partial charge < -0.3 is 15.6 Å². The van der Waals surface area contributed by atoms with Gasteiger partial charge in [-0.05, 0) is 17.7 Å². The third kappa shape index (κ3) is 2.93. The summed E-state index contributed by atoms with van der Waals surface area (Å²) in [6.45, 7) is -2.74. The van der Waals surface area contributed by atoms with E-state index in [4.69, 9.17) is 5.73 Å². The van der Waals surface area contributed by atoms with Gasteiger partial charge in [0.2, 0.25) is 0 Å². The fraction of sp³-hybridized carbons (Fsp3) is 0.333. The predicted molar refractivity (Wildman–Crippen MR) is 47.1 cm³/mol. The van der Waals surface area contributed by atoms with Crippen molar-refractivity contribution in [2.45, 2.75) is 12.7 Å². The molecule has 1 rings (SSSR count). The van der Waals surface area contributed by atoms with Crippen LogP contribution in [-0.2, 0) is 0 Å². The second-order valence-electron chi connectivity index (χ2n) is 2.70. The van der Waals surface area contributed by atoms with E-state index in [1.165, 1.54) is 24.3 Å². The zero-order valence-corrected chi connectivity index (χ0v) is 7.36. The standard InChI is InChI=1S/C9H11F2NO2/c10-9(11)14-7-3-1-6(2-4-7)8(13)5-12/h1-4,8-9,13H,5,12H2/t8-/m0/s1. The van der Waals surface area contributed by atoms with Gasteiger partial charge in [-0.15, -0.1) is 0 Å². The Kier molecular flexibility index (Phi) is 3.79. The summed E-state index contributed by atoms with van der Waals surface area (Å²) in [5.74, 6) is 0.0629. The van der Waals surface area contributed by atoms with Gasteiger partial charge in [0, 0.05) is 6.54 Å². The summed E-state index contributed by atoms with van der Waals surface area (Å²) in [4.78, 5) is 0. The molecule has 0 heterocycles. The van der Waals surface area contributed by atoms with Crippen molar-refractivity contribution in [1.29, 1.82) is 0 Å². The highest BCUT2D eigenvalue weighted by molar-refractivity contribution is 5.28. The maximum absolute atomic E-state index is 11.8.